The molecule has 1 N–H and O–H groups in total. The van der Waals surface area contributed by atoms with Gasteiger partial charge in [-0.15, -0.1) is 0 Å². The third kappa shape index (κ3) is 4.83. The molecule has 12 heteroatoms. The highest BCUT2D eigenvalue weighted by Gasteiger charge is 2.46. The van der Waals surface area contributed by atoms with Gasteiger partial charge in [0.2, 0.25) is 5.95 Å². The molecule has 2 fully saturated rings. The Labute approximate surface area is 232 Å². The van der Waals surface area contributed by atoms with E-state index in [0.717, 1.165) is 12.8 Å². The number of fused-ring (bicyclic) bond motifs is 3. The van der Waals surface area contributed by atoms with Crippen LogP contribution in [0.25, 0.3) is 22.2 Å². The molecule has 6 rings (SSSR count). The minimum Gasteiger partial charge on any atom is -0.481 e. The molecule has 1 aliphatic carbocycles. The van der Waals surface area contributed by atoms with Crippen molar-refractivity contribution in [1.29, 1.82) is 0 Å². The van der Waals surface area contributed by atoms with Crippen molar-refractivity contribution < 1.29 is 27.8 Å². The van der Waals surface area contributed by atoms with Crippen LogP contribution >= 0.6 is 11.6 Å². The lowest BCUT2D eigenvalue weighted by Crippen LogP contribution is -2.45. The van der Waals surface area contributed by atoms with Crippen LogP contribution in [0.2, 0.25) is 5.02 Å². The summed E-state index contributed by atoms with van der Waals surface area (Å²) in [6.07, 6.45) is 4.85. The van der Waals surface area contributed by atoms with E-state index >= 15 is 4.39 Å². The molecule has 0 amide bonds. The fraction of sp³-hybridized carbons (Fsp3) is 0.357. The fourth-order valence-electron chi connectivity index (χ4n) is 6.15. The van der Waals surface area contributed by atoms with Gasteiger partial charge in [0.05, 0.1) is 23.5 Å². The number of imidazole rings is 1. The minimum absolute atomic E-state index is 0.00667. The molecule has 1 saturated carbocycles. The van der Waals surface area contributed by atoms with Crippen molar-refractivity contribution in [3.8, 4) is 16.9 Å². The van der Waals surface area contributed by atoms with E-state index < -0.39 is 18.4 Å². The van der Waals surface area contributed by atoms with Crippen LogP contribution in [0.3, 0.4) is 0 Å². The van der Waals surface area contributed by atoms with Crippen LogP contribution in [-0.4, -0.2) is 50.3 Å². The number of aromatic nitrogens is 4. The Morgan fingerprint density at radius 3 is 2.50 bits per heavy atom. The zero-order chi connectivity index (χ0) is 28.1. The van der Waals surface area contributed by atoms with Crippen molar-refractivity contribution in [1.82, 2.24) is 19.5 Å². The Kier molecular flexibility index (Phi) is 6.77. The molecule has 2 aromatic heterocycles. The molecule has 40 heavy (non-hydrogen) atoms. The van der Waals surface area contributed by atoms with E-state index in [1.54, 1.807) is 36.0 Å². The summed E-state index contributed by atoms with van der Waals surface area (Å²) in [6, 6.07) is 7.37. The number of aliphatic carboxylic acids is 1. The summed E-state index contributed by atoms with van der Waals surface area (Å²) < 4.78 is 47.6. The van der Waals surface area contributed by atoms with Crippen LogP contribution in [0.5, 0.6) is 5.75 Å². The molecule has 2 aliphatic rings. The normalized spacial score (nSPS) is 20.4. The lowest BCUT2D eigenvalue weighted by atomic mass is 9.85. The molecular formula is C28H25ClF3N5O3. The van der Waals surface area contributed by atoms with Gasteiger partial charge in [-0.3, -0.25) is 4.79 Å². The van der Waals surface area contributed by atoms with E-state index in [0.29, 0.717) is 52.0 Å². The standard InChI is InChI=1S/C28H25ClF3N5O3/c1-14-35-22-8-21(30)20(7-23(22)37(14)13-17-6-19(29)4-5-24(17)40-27(31)32)18-9-33-28(34-10-18)36-11-15-2-3-16(12-36)25(15)26(38)39/h4-10,15-16,25,27H,2-3,11-13H2,1H3,(H,38,39)/t15-,16+,25-. The molecule has 208 valence electrons. The molecule has 1 aliphatic heterocycles. The van der Waals surface area contributed by atoms with Crippen LogP contribution < -0.4 is 9.64 Å². The SMILES string of the molecule is Cc1nc2cc(F)c(-c3cnc(N4C[C@H]5CC[C@@H](C4)[C@@H]5C(=O)O)nc3)cc2n1Cc1cc(Cl)ccc1OC(F)F. The molecule has 0 spiro atoms. The van der Waals surface area contributed by atoms with Gasteiger partial charge in [-0.2, -0.15) is 8.78 Å². The Balaban J connectivity index is 1.30. The zero-order valence-corrected chi connectivity index (χ0v) is 22.2. The summed E-state index contributed by atoms with van der Waals surface area (Å²) in [7, 11) is 0. The molecule has 0 unspecified atom stereocenters. The van der Waals surface area contributed by atoms with Crippen molar-refractivity contribution >= 4 is 34.6 Å². The molecule has 4 aromatic rings. The van der Waals surface area contributed by atoms with Gasteiger partial charge in [0.1, 0.15) is 17.4 Å². The quantitative estimate of drug-likeness (QED) is 0.300. The number of piperidine rings is 1. The second-order valence-electron chi connectivity index (χ2n) is 10.3. The number of carbonyl (C=O) groups is 1. The monoisotopic (exact) mass is 571 g/mol. The van der Waals surface area contributed by atoms with Crippen molar-refractivity contribution in [3.63, 3.8) is 0 Å². The van der Waals surface area contributed by atoms with E-state index in [-0.39, 0.29) is 35.6 Å². The third-order valence-electron chi connectivity index (χ3n) is 7.95. The molecule has 3 heterocycles. The summed E-state index contributed by atoms with van der Waals surface area (Å²) in [5.74, 6) is -0.402. The summed E-state index contributed by atoms with van der Waals surface area (Å²) >= 11 is 6.13. The zero-order valence-electron chi connectivity index (χ0n) is 21.4. The smallest absolute Gasteiger partial charge is 0.387 e. The van der Waals surface area contributed by atoms with Crippen LogP contribution in [0.4, 0.5) is 19.1 Å². The van der Waals surface area contributed by atoms with E-state index in [2.05, 4.69) is 19.7 Å². The van der Waals surface area contributed by atoms with Gasteiger partial charge in [-0.25, -0.2) is 19.3 Å². The van der Waals surface area contributed by atoms with Crippen molar-refractivity contribution in [3.05, 3.63) is 65.0 Å². The summed E-state index contributed by atoms with van der Waals surface area (Å²) in [5, 5.41) is 9.93. The summed E-state index contributed by atoms with van der Waals surface area (Å²) in [4.78, 5) is 27.1. The average Bonchev–Trinajstić information content (AvgIpc) is 3.36. The number of ether oxygens (including phenoxy) is 1. The number of benzene rings is 2. The predicted octanol–water partition coefficient (Wildman–Crippen LogP) is 5.79. The molecular weight excluding hydrogens is 547 g/mol. The lowest BCUT2D eigenvalue weighted by Gasteiger charge is -2.35. The number of aryl methyl sites for hydroxylation is 1. The molecule has 2 aromatic carbocycles. The fourth-order valence-corrected chi connectivity index (χ4v) is 6.35. The Hall–Kier alpha value is -3.86. The molecule has 1 saturated heterocycles. The van der Waals surface area contributed by atoms with Gasteiger partial charge in [-0.1, -0.05) is 11.6 Å². The highest BCUT2D eigenvalue weighted by Crippen LogP contribution is 2.43. The van der Waals surface area contributed by atoms with Gasteiger partial charge < -0.3 is 19.3 Å². The average molecular weight is 572 g/mol. The summed E-state index contributed by atoms with van der Waals surface area (Å²) in [5.41, 5.74) is 2.15. The summed E-state index contributed by atoms with van der Waals surface area (Å²) in [6.45, 7) is 0.0237. The van der Waals surface area contributed by atoms with E-state index in [9.17, 15) is 18.7 Å². The number of nitrogens with zero attached hydrogens (tertiary/aromatic N) is 5. The highest BCUT2D eigenvalue weighted by atomic mass is 35.5. The first-order valence-corrected chi connectivity index (χ1v) is 13.3. The molecule has 2 bridgehead atoms. The number of anilines is 1. The first-order valence-electron chi connectivity index (χ1n) is 12.9. The van der Waals surface area contributed by atoms with Crippen molar-refractivity contribution in [2.24, 2.45) is 17.8 Å². The van der Waals surface area contributed by atoms with E-state index in [1.807, 2.05) is 4.90 Å². The van der Waals surface area contributed by atoms with Gasteiger partial charge in [0.15, 0.2) is 0 Å². The number of hydrogen-bond acceptors (Lipinski definition) is 6. The number of carboxylic acid groups (broad SMARTS) is 1. The maximum absolute atomic E-state index is 15.2. The Morgan fingerprint density at radius 2 is 1.85 bits per heavy atom. The van der Waals surface area contributed by atoms with Gasteiger partial charge in [0, 0.05) is 53.3 Å². The van der Waals surface area contributed by atoms with Gasteiger partial charge in [-0.05, 0) is 55.9 Å². The van der Waals surface area contributed by atoms with Crippen LogP contribution in [0, 0.1) is 30.5 Å². The van der Waals surface area contributed by atoms with Crippen LogP contribution in [0.1, 0.15) is 24.2 Å². The van der Waals surface area contributed by atoms with Crippen molar-refractivity contribution in [2.45, 2.75) is 32.9 Å². The Bertz CT molecular complexity index is 1580. The number of rotatable bonds is 7. The molecule has 3 atom stereocenters. The first-order chi connectivity index (χ1) is 19.2. The van der Waals surface area contributed by atoms with Gasteiger partial charge in [0.25, 0.3) is 0 Å². The second-order valence-corrected chi connectivity index (χ2v) is 10.8. The molecule has 8 nitrogen and oxygen atoms in total. The number of carboxylic acids is 1. The largest absolute Gasteiger partial charge is 0.481 e. The predicted molar refractivity (Wildman–Crippen MR) is 142 cm³/mol. The van der Waals surface area contributed by atoms with E-state index in [1.165, 1.54) is 18.2 Å². The lowest BCUT2D eigenvalue weighted by molar-refractivity contribution is -0.144. The topological polar surface area (TPSA) is 93.4 Å². The highest BCUT2D eigenvalue weighted by molar-refractivity contribution is 6.30. The number of halogens is 4. The second kappa shape index (κ2) is 10.3. The van der Waals surface area contributed by atoms with E-state index in [4.69, 9.17) is 11.6 Å². The maximum Gasteiger partial charge on any atom is 0.387 e. The molecule has 0 radical (unpaired) electrons. The van der Waals surface area contributed by atoms with Crippen molar-refractivity contribution in [2.75, 3.05) is 18.0 Å². The number of alkyl halides is 2. The number of hydrogen-bond donors (Lipinski definition) is 1. The van der Waals surface area contributed by atoms with Crippen LogP contribution in [0.15, 0.2) is 42.7 Å². The van der Waals surface area contributed by atoms with Gasteiger partial charge >= 0.3 is 12.6 Å². The minimum atomic E-state index is -3.00. The third-order valence-corrected chi connectivity index (χ3v) is 8.18. The maximum atomic E-state index is 15.2. The first kappa shape index (κ1) is 26.4. The van der Waals surface area contributed by atoms with Crippen LogP contribution in [-0.2, 0) is 11.3 Å². The Morgan fingerprint density at radius 1 is 1.15 bits per heavy atom.